The second-order valence-corrected chi connectivity index (χ2v) is 8.22. The Morgan fingerprint density at radius 3 is 2.38 bits per heavy atom. The van der Waals surface area contributed by atoms with Crippen LogP contribution in [-0.2, 0) is 21.4 Å². The Bertz CT molecular complexity index is 839. The number of carbonyl (C=O) groups is 2. The van der Waals surface area contributed by atoms with E-state index in [1.165, 1.54) is 11.1 Å². The first-order chi connectivity index (χ1) is 13.8. The van der Waals surface area contributed by atoms with Crippen LogP contribution in [0.3, 0.4) is 0 Å². The van der Waals surface area contributed by atoms with Gasteiger partial charge in [0, 0.05) is 24.5 Å². The maximum absolute atomic E-state index is 12.1. The molecule has 0 spiro atoms. The van der Waals surface area contributed by atoms with Gasteiger partial charge in [-0.15, -0.1) is 0 Å². The molecule has 3 amide bonds. The van der Waals surface area contributed by atoms with Gasteiger partial charge >= 0.3 is 6.03 Å². The zero-order chi connectivity index (χ0) is 20.9. The van der Waals surface area contributed by atoms with Crippen molar-refractivity contribution in [2.24, 2.45) is 0 Å². The number of hydrogen-bond acceptors (Lipinski definition) is 3. The normalized spacial score (nSPS) is 14.6. The highest BCUT2D eigenvalue weighted by molar-refractivity contribution is 5.95. The van der Waals surface area contributed by atoms with Gasteiger partial charge in [0.15, 0.2) is 0 Å². The Morgan fingerprint density at radius 1 is 1.07 bits per heavy atom. The fourth-order valence-corrected chi connectivity index (χ4v) is 3.18. The van der Waals surface area contributed by atoms with Gasteiger partial charge in [-0.2, -0.15) is 0 Å². The first-order valence-electron chi connectivity index (χ1n) is 9.95. The number of morpholine rings is 1. The number of nitrogens with one attached hydrogen (secondary N) is 2. The highest BCUT2D eigenvalue weighted by atomic mass is 16.5. The van der Waals surface area contributed by atoms with Gasteiger partial charge in [0.25, 0.3) is 5.91 Å². The van der Waals surface area contributed by atoms with Gasteiger partial charge in [-0.3, -0.25) is 4.79 Å². The molecule has 0 aromatic heterocycles. The molecule has 2 N–H and O–H groups in total. The van der Waals surface area contributed by atoms with Gasteiger partial charge in [-0.05, 0) is 47.2 Å². The van der Waals surface area contributed by atoms with Crippen molar-refractivity contribution in [2.75, 3.05) is 36.5 Å². The quantitative estimate of drug-likeness (QED) is 0.811. The average molecular weight is 396 g/mol. The molecule has 1 aliphatic rings. The predicted molar refractivity (Wildman–Crippen MR) is 115 cm³/mol. The first kappa shape index (κ1) is 20.9. The van der Waals surface area contributed by atoms with Crippen LogP contribution in [-0.4, -0.2) is 38.2 Å². The number of carbonyl (C=O) groups excluding carboxylic acids is 2. The van der Waals surface area contributed by atoms with Gasteiger partial charge < -0.3 is 20.3 Å². The number of rotatable bonds is 5. The van der Waals surface area contributed by atoms with Gasteiger partial charge in [-0.1, -0.05) is 45.0 Å². The van der Waals surface area contributed by atoms with E-state index >= 15 is 0 Å². The molecule has 6 heteroatoms. The van der Waals surface area contributed by atoms with E-state index in [1.54, 1.807) is 17.0 Å². The largest absolute Gasteiger partial charge is 0.370 e. The second-order valence-electron chi connectivity index (χ2n) is 8.22. The molecule has 154 valence electrons. The van der Waals surface area contributed by atoms with Crippen LogP contribution in [0.1, 0.15) is 31.9 Å². The molecule has 1 saturated heterocycles. The lowest BCUT2D eigenvalue weighted by Crippen LogP contribution is -2.41. The molecule has 6 nitrogen and oxygen atoms in total. The maximum atomic E-state index is 12.1. The molecule has 29 heavy (non-hydrogen) atoms. The van der Waals surface area contributed by atoms with Crippen molar-refractivity contribution in [3.05, 3.63) is 59.7 Å². The van der Waals surface area contributed by atoms with Crippen LogP contribution in [0.4, 0.5) is 16.2 Å². The van der Waals surface area contributed by atoms with Crippen molar-refractivity contribution < 1.29 is 14.3 Å². The predicted octanol–water partition coefficient (Wildman–Crippen LogP) is 3.71. The summed E-state index contributed by atoms with van der Waals surface area (Å²) in [6.07, 6.45) is 0.774. The van der Waals surface area contributed by atoms with E-state index in [0.29, 0.717) is 25.4 Å². The third-order valence-electron chi connectivity index (χ3n) is 4.94. The molecule has 1 heterocycles. The Labute approximate surface area is 172 Å². The van der Waals surface area contributed by atoms with Crippen molar-refractivity contribution in [1.29, 1.82) is 0 Å². The summed E-state index contributed by atoms with van der Waals surface area (Å²) < 4.78 is 5.14. The molecular formula is C23H29N3O3. The molecule has 0 atom stereocenters. The highest BCUT2D eigenvalue weighted by Crippen LogP contribution is 2.22. The summed E-state index contributed by atoms with van der Waals surface area (Å²) in [6.45, 7) is 8.33. The summed E-state index contributed by atoms with van der Waals surface area (Å²) >= 11 is 0. The first-order valence-corrected chi connectivity index (χ1v) is 9.95. The summed E-state index contributed by atoms with van der Waals surface area (Å²) in [4.78, 5) is 25.7. The molecular weight excluding hydrogens is 366 g/mol. The molecule has 0 bridgehead atoms. The summed E-state index contributed by atoms with van der Waals surface area (Å²) in [5.41, 5.74) is 4.12. The van der Waals surface area contributed by atoms with E-state index in [-0.39, 0.29) is 24.0 Å². The standard InChI is InChI=1S/C23H29N3O3/c1-23(2,3)18-6-4-17(5-7-18)12-13-24-22(28)25-19-8-10-20(11-9-19)26-14-15-29-16-21(26)27/h4-11H,12-16H2,1-3H3,(H2,24,25,28). The fraction of sp³-hybridized carbons (Fsp3) is 0.391. The monoisotopic (exact) mass is 395 g/mol. The van der Waals surface area contributed by atoms with Crippen molar-refractivity contribution in [2.45, 2.75) is 32.6 Å². The minimum atomic E-state index is -0.244. The molecule has 2 aromatic carbocycles. The van der Waals surface area contributed by atoms with Crippen molar-refractivity contribution in [1.82, 2.24) is 5.32 Å². The molecule has 0 saturated carbocycles. The number of amides is 3. The minimum absolute atomic E-state index is 0.0507. The molecule has 1 fully saturated rings. The molecule has 2 aromatic rings. The topological polar surface area (TPSA) is 70.7 Å². The third kappa shape index (κ3) is 5.81. The van der Waals surface area contributed by atoms with Gasteiger partial charge in [0.05, 0.1) is 6.61 Å². The Kier molecular flexibility index (Phi) is 6.54. The Balaban J connectivity index is 1.45. The smallest absolute Gasteiger partial charge is 0.319 e. The third-order valence-corrected chi connectivity index (χ3v) is 4.94. The summed E-state index contributed by atoms with van der Waals surface area (Å²) in [7, 11) is 0. The molecule has 0 aliphatic carbocycles. The number of ether oxygens (including phenoxy) is 1. The van der Waals surface area contributed by atoms with Crippen LogP contribution >= 0.6 is 0 Å². The van der Waals surface area contributed by atoms with E-state index in [0.717, 1.165) is 12.1 Å². The number of benzene rings is 2. The van der Waals surface area contributed by atoms with Crippen LogP contribution in [0, 0.1) is 0 Å². The summed E-state index contributed by atoms with van der Waals surface area (Å²) in [6, 6.07) is 15.5. The van der Waals surface area contributed by atoms with Gasteiger partial charge in [-0.25, -0.2) is 4.79 Å². The maximum Gasteiger partial charge on any atom is 0.319 e. The minimum Gasteiger partial charge on any atom is -0.370 e. The number of nitrogens with zero attached hydrogens (tertiary/aromatic N) is 1. The van der Waals surface area contributed by atoms with Crippen LogP contribution < -0.4 is 15.5 Å². The molecule has 0 unspecified atom stereocenters. The Morgan fingerprint density at radius 2 is 1.76 bits per heavy atom. The van der Waals surface area contributed by atoms with Crippen LogP contribution in [0.5, 0.6) is 0 Å². The fourth-order valence-electron chi connectivity index (χ4n) is 3.18. The zero-order valence-corrected chi connectivity index (χ0v) is 17.3. The zero-order valence-electron chi connectivity index (χ0n) is 17.3. The van der Waals surface area contributed by atoms with Crippen molar-refractivity contribution >= 4 is 23.3 Å². The lowest BCUT2D eigenvalue weighted by atomic mass is 9.86. The Hall–Kier alpha value is -2.86. The van der Waals surface area contributed by atoms with E-state index in [4.69, 9.17) is 4.74 Å². The lowest BCUT2D eigenvalue weighted by molar-refractivity contribution is -0.125. The van der Waals surface area contributed by atoms with Gasteiger partial charge in [0.1, 0.15) is 6.61 Å². The number of hydrogen-bond donors (Lipinski definition) is 2. The van der Waals surface area contributed by atoms with Crippen LogP contribution in [0.25, 0.3) is 0 Å². The molecule has 3 rings (SSSR count). The number of urea groups is 1. The van der Waals surface area contributed by atoms with Gasteiger partial charge in [0.2, 0.25) is 0 Å². The highest BCUT2D eigenvalue weighted by Gasteiger charge is 2.20. The lowest BCUT2D eigenvalue weighted by Gasteiger charge is -2.26. The summed E-state index contributed by atoms with van der Waals surface area (Å²) in [5.74, 6) is -0.0507. The van der Waals surface area contributed by atoms with Crippen molar-refractivity contribution in [3.8, 4) is 0 Å². The van der Waals surface area contributed by atoms with E-state index < -0.39 is 0 Å². The van der Waals surface area contributed by atoms with Crippen LogP contribution in [0.15, 0.2) is 48.5 Å². The van der Waals surface area contributed by atoms with Crippen molar-refractivity contribution in [3.63, 3.8) is 0 Å². The van der Waals surface area contributed by atoms with E-state index in [1.807, 2.05) is 12.1 Å². The van der Waals surface area contributed by atoms with Crippen LogP contribution in [0.2, 0.25) is 0 Å². The summed E-state index contributed by atoms with van der Waals surface area (Å²) in [5, 5.41) is 5.70. The molecule has 0 radical (unpaired) electrons. The molecule has 1 aliphatic heterocycles. The second kappa shape index (κ2) is 9.09. The SMILES string of the molecule is CC(C)(C)c1ccc(CCNC(=O)Nc2ccc(N3CCOCC3=O)cc2)cc1. The van der Waals surface area contributed by atoms with E-state index in [9.17, 15) is 9.59 Å². The average Bonchev–Trinajstić information content (AvgIpc) is 2.69. The van der Waals surface area contributed by atoms with E-state index in [2.05, 4.69) is 55.7 Å². The number of anilines is 2.